The minimum absolute atomic E-state index is 0.0817. The predicted molar refractivity (Wildman–Crippen MR) is 95.1 cm³/mol. The Morgan fingerprint density at radius 3 is 2.88 bits per heavy atom. The maximum absolute atomic E-state index is 12.3. The number of anilines is 1. The molecule has 3 aromatic rings. The lowest BCUT2D eigenvalue weighted by Crippen LogP contribution is -2.14. The van der Waals surface area contributed by atoms with Gasteiger partial charge in [0.15, 0.2) is 11.5 Å². The van der Waals surface area contributed by atoms with Crippen LogP contribution in [0.2, 0.25) is 0 Å². The number of hydrogen-bond acceptors (Lipinski definition) is 4. The van der Waals surface area contributed by atoms with Crippen LogP contribution in [-0.4, -0.2) is 22.7 Å². The van der Waals surface area contributed by atoms with Crippen molar-refractivity contribution in [2.24, 2.45) is 0 Å². The normalized spacial score (nSPS) is 12.8. The predicted octanol–water partition coefficient (Wildman–Crippen LogP) is 3.60. The third kappa shape index (κ3) is 3.15. The Labute approximate surface area is 145 Å². The lowest BCUT2D eigenvalue weighted by Gasteiger charge is -2.06. The van der Waals surface area contributed by atoms with Crippen molar-refractivity contribution in [3.63, 3.8) is 0 Å². The average Bonchev–Trinajstić information content (AvgIpc) is 3.20. The molecule has 0 saturated heterocycles. The first-order valence-electron chi connectivity index (χ1n) is 8.26. The number of H-pyrrole nitrogens is 1. The minimum Gasteiger partial charge on any atom is -0.454 e. The number of ether oxygens (including phenoxy) is 2. The second kappa shape index (κ2) is 6.12. The van der Waals surface area contributed by atoms with Crippen LogP contribution >= 0.6 is 0 Å². The van der Waals surface area contributed by atoms with Crippen LogP contribution in [0.3, 0.4) is 0 Å². The fourth-order valence-corrected chi connectivity index (χ4v) is 2.82. The quantitative estimate of drug-likeness (QED) is 0.763. The van der Waals surface area contributed by atoms with E-state index in [0.717, 1.165) is 22.4 Å². The monoisotopic (exact) mass is 337 g/mol. The molecular weight excluding hydrogens is 318 g/mol. The maximum Gasteiger partial charge on any atom is 0.231 e. The van der Waals surface area contributed by atoms with Gasteiger partial charge in [0.25, 0.3) is 0 Å². The summed E-state index contributed by atoms with van der Waals surface area (Å²) in [5, 5.41) is 2.89. The molecule has 1 aromatic heterocycles. The standard InChI is InChI=1S/C19H19N3O3/c1-11(2)19-21-14-5-3-12(7-15(14)22-19)8-18(23)20-13-4-6-16-17(9-13)25-10-24-16/h3-7,9,11H,8,10H2,1-2H3,(H,20,23)(H,21,22). The molecule has 128 valence electrons. The van der Waals surface area contributed by atoms with Crippen LogP contribution in [0.4, 0.5) is 5.69 Å². The van der Waals surface area contributed by atoms with E-state index in [4.69, 9.17) is 9.47 Å². The van der Waals surface area contributed by atoms with Crippen molar-refractivity contribution in [2.75, 3.05) is 12.1 Å². The fourth-order valence-electron chi connectivity index (χ4n) is 2.82. The molecule has 0 radical (unpaired) electrons. The molecule has 0 unspecified atom stereocenters. The van der Waals surface area contributed by atoms with Crippen molar-refractivity contribution < 1.29 is 14.3 Å². The highest BCUT2D eigenvalue weighted by molar-refractivity contribution is 5.93. The van der Waals surface area contributed by atoms with Crippen LogP contribution in [-0.2, 0) is 11.2 Å². The van der Waals surface area contributed by atoms with Gasteiger partial charge in [-0.3, -0.25) is 4.79 Å². The van der Waals surface area contributed by atoms with Crippen LogP contribution in [0.25, 0.3) is 11.0 Å². The van der Waals surface area contributed by atoms with Crippen LogP contribution in [0.15, 0.2) is 36.4 Å². The molecule has 25 heavy (non-hydrogen) atoms. The summed E-state index contributed by atoms with van der Waals surface area (Å²) in [6.45, 7) is 4.41. The van der Waals surface area contributed by atoms with E-state index in [9.17, 15) is 4.79 Å². The van der Waals surface area contributed by atoms with Gasteiger partial charge in [0.05, 0.1) is 17.5 Å². The Kier molecular flexibility index (Phi) is 3.80. The second-order valence-corrected chi connectivity index (χ2v) is 6.42. The Balaban J connectivity index is 1.47. The zero-order chi connectivity index (χ0) is 17.4. The van der Waals surface area contributed by atoms with E-state index < -0.39 is 0 Å². The summed E-state index contributed by atoms with van der Waals surface area (Å²) in [5.74, 6) is 2.56. The van der Waals surface area contributed by atoms with Crippen molar-refractivity contribution in [3.05, 3.63) is 47.8 Å². The van der Waals surface area contributed by atoms with E-state index >= 15 is 0 Å². The number of carbonyl (C=O) groups excluding carboxylic acids is 1. The molecule has 6 nitrogen and oxygen atoms in total. The zero-order valence-corrected chi connectivity index (χ0v) is 14.1. The zero-order valence-electron chi connectivity index (χ0n) is 14.1. The van der Waals surface area contributed by atoms with E-state index in [1.54, 1.807) is 18.2 Å². The number of fused-ring (bicyclic) bond motifs is 2. The summed E-state index contributed by atoms with van der Waals surface area (Å²) in [6.07, 6.45) is 0.292. The van der Waals surface area contributed by atoms with Gasteiger partial charge in [-0.2, -0.15) is 0 Å². The van der Waals surface area contributed by atoms with E-state index in [1.165, 1.54) is 0 Å². The van der Waals surface area contributed by atoms with Gasteiger partial charge in [-0.15, -0.1) is 0 Å². The van der Waals surface area contributed by atoms with Crippen LogP contribution in [0.1, 0.15) is 31.2 Å². The highest BCUT2D eigenvalue weighted by Crippen LogP contribution is 2.34. The molecule has 0 fully saturated rings. The molecule has 1 aliphatic heterocycles. The van der Waals surface area contributed by atoms with E-state index in [0.29, 0.717) is 29.5 Å². The first kappa shape index (κ1) is 15.5. The summed E-state index contributed by atoms with van der Waals surface area (Å²) in [5.41, 5.74) is 3.50. The Hall–Kier alpha value is -3.02. The molecule has 0 saturated carbocycles. The topological polar surface area (TPSA) is 76.2 Å². The van der Waals surface area contributed by atoms with Gasteiger partial charge in [0, 0.05) is 17.7 Å². The van der Waals surface area contributed by atoms with Gasteiger partial charge < -0.3 is 19.8 Å². The van der Waals surface area contributed by atoms with Gasteiger partial charge >= 0.3 is 0 Å². The van der Waals surface area contributed by atoms with E-state index in [1.807, 2.05) is 18.2 Å². The molecule has 0 atom stereocenters. The third-order valence-corrected chi connectivity index (χ3v) is 4.13. The third-order valence-electron chi connectivity index (χ3n) is 4.13. The SMILES string of the molecule is CC(C)c1nc2ccc(CC(=O)Nc3ccc4c(c3)OCO4)cc2[nH]1. The highest BCUT2D eigenvalue weighted by atomic mass is 16.7. The van der Waals surface area contributed by atoms with Gasteiger partial charge in [-0.1, -0.05) is 19.9 Å². The van der Waals surface area contributed by atoms with Crippen molar-refractivity contribution in [2.45, 2.75) is 26.2 Å². The number of imidazole rings is 1. The lowest BCUT2D eigenvalue weighted by atomic mass is 10.1. The molecule has 2 N–H and O–H groups in total. The Bertz CT molecular complexity index is 946. The van der Waals surface area contributed by atoms with Crippen LogP contribution < -0.4 is 14.8 Å². The van der Waals surface area contributed by atoms with E-state index in [-0.39, 0.29) is 12.7 Å². The molecule has 4 rings (SSSR count). The number of amides is 1. The summed E-state index contributed by atoms with van der Waals surface area (Å²) < 4.78 is 10.6. The van der Waals surface area contributed by atoms with Crippen LogP contribution in [0, 0.1) is 0 Å². The smallest absolute Gasteiger partial charge is 0.231 e. The van der Waals surface area contributed by atoms with Gasteiger partial charge in [-0.05, 0) is 29.8 Å². The fraction of sp³-hybridized carbons (Fsp3) is 0.263. The molecule has 2 heterocycles. The number of aromatic amines is 1. The number of carbonyl (C=O) groups is 1. The molecule has 6 heteroatoms. The van der Waals surface area contributed by atoms with Gasteiger partial charge in [0.2, 0.25) is 12.7 Å². The summed E-state index contributed by atoms with van der Waals surface area (Å²) in [7, 11) is 0. The summed E-state index contributed by atoms with van der Waals surface area (Å²) in [6, 6.07) is 11.2. The first-order valence-corrected chi connectivity index (χ1v) is 8.26. The van der Waals surface area contributed by atoms with Gasteiger partial charge in [-0.25, -0.2) is 4.98 Å². The van der Waals surface area contributed by atoms with Crippen LogP contribution in [0.5, 0.6) is 11.5 Å². The number of nitrogens with zero attached hydrogens (tertiary/aromatic N) is 1. The van der Waals surface area contributed by atoms with Crippen molar-refractivity contribution in [3.8, 4) is 11.5 Å². The Morgan fingerprint density at radius 2 is 2.04 bits per heavy atom. The largest absolute Gasteiger partial charge is 0.454 e. The van der Waals surface area contributed by atoms with Crippen molar-refractivity contribution >= 4 is 22.6 Å². The molecule has 1 aliphatic rings. The number of benzene rings is 2. The molecular formula is C19H19N3O3. The average molecular weight is 337 g/mol. The molecule has 1 amide bonds. The van der Waals surface area contributed by atoms with E-state index in [2.05, 4.69) is 29.1 Å². The van der Waals surface area contributed by atoms with Gasteiger partial charge in [0.1, 0.15) is 5.82 Å². The Morgan fingerprint density at radius 1 is 1.20 bits per heavy atom. The highest BCUT2D eigenvalue weighted by Gasteiger charge is 2.14. The summed E-state index contributed by atoms with van der Waals surface area (Å²) >= 11 is 0. The minimum atomic E-state index is -0.0817. The summed E-state index contributed by atoms with van der Waals surface area (Å²) in [4.78, 5) is 20.2. The maximum atomic E-state index is 12.3. The molecule has 2 aromatic carbocycles. The number of aromatic nitrogens is 2. The molecule has 0 aliphatic carbocycles. The van der Waals surface area contributed by atoms with Crippen molar-refractivity contribution in [1.29, 1.82) is 0 Å². The number of nitrogens with one attached hydrogen (secondary N) is 2. The number of hydrogen-bond donors (Lipinski definition) is 2. The number of rotatable bonds is 4. The first-order chi connectivity index (χ1) is 12.1. The lowest BCUT2D eigenvalue weighted by molar-refractivity contribution is -0.115. The molecule has 0 spiro atoms. The second-order valence-electron chi connectivity index (χ2n) is 6.42. The van der Waals surface area contributed by atoms with Crippen molar-refractivity contribution in [1.82, 2.24) is 9.97 Å². The molecule has 0 bridgehead atoms.